The van der Waals surface area contributed by atoms with Crippen LogP contribution in [0.4, 0.5) is 0 Å². The highest BCUT2D eigenvalue weighted by Crippen LogP contribution is 2.32. The van der Waals surface area contributed by atoms with E-state index in [9.17, 15) is 13.2 Å². The summed E-state index contributed by atoms with van der Waals surface area (Å²) in [6.45, 7) is 3.48. The highest BCUT2D eigenvalue weighted by Gasteiger charge is 2.31. The molecule has 1 amide bonds. The third-order valence-electron chi connectivity index (χ3n) is 4.51. The molecule has 1 saturated carbocycles. The predicted octanol–water partition coefficient (Wildman–Crippen LogP) is 0.574. The van der Waals surface area contributed by atoms with E-state index in [0.29, 0.717) is 37.9 Å². The first-order valence-electron chi connectivity index (χ1n) is 7.94. The molecule has 0 aromatic carbocycles. The number of nitrogens with zero attached hydrogens (tertiary/aromatic N) is 2. The Morgan fingerprint density at radius 3 is 2.61 bits per heavy atom. The molecule has 1 aliphatic heterocycles. The van der Waals surface area contributed by atoms with E-state index < -0.39 is 10.0 Å². The lowest BCUT2D eigenvalue weighted by Gasteiger charge is -2.25. The summed E-state index contributed by atoms with van der Waals surface area (Å²) in [6, 6.07) is 1.58. The standard InChI is InChI=1S/C15H23N3O4S/c1-11(12-3-4-12)16-15(19)14-9-13(10-17(14)2)23(20,21)18-5-7-22-8-6-18/h9-12H,3-8H2,1-2H3,(H,16,19). The lowest BCUT2D eigenvalue weighted by molar-refractivity contribution is 0.0730. The Balaban J connectivity index is 1.78. The Bertz CT molecular complexity index is 688. The van der Waals surface area contributed by atoms with Crippen molar-refractivity contribution in [2.75, 3.05) is 26.3 Å². The van der Waals surface area contributed by atoms with Crippen LogP contribution in [0.3, 0.4) is 0 Å². The van der Waals surface area contributed by atoms with E-state index in [0.717, 1.165) is 12.8 Å². The van der Waals surface area contributed by atoms with E-state index in [1.165, 1.54) is 16.6 Å². The van der Waals surface area contributed by atoms with Gasteiger partial charge < -0.3 is 14.6 Å². The Labute approximate surface area is 136 Å². The van der Waals surface area contributed by atoms with Crippen LogP contribution >= 0.6 is 0 Å². The summed E-state index contributed by atoms with van der Waals surface area (Å²) in [5.41, 5.74) is 0.365. The van der Waals surface area contributed by atoms with Gasteiger partial charge in [-0.2, -0.15) is 4.31 Å². The molecule has 0 radical (unpaired) electrons. The summed E-state index contributed by atoms with van der Waals surface area (Å²) < 4.78 is 33.5. The molecule has 7 nitrogen and oxygen atoms in total. The smallest absolute Gasteiger partial charge is 0.268 e. The SMILES string of the molecule is CC(NC(=O)c1cc(S(=O)(=O)N2CCOCC2)cn1C)C1CC1. The first-order valence-corrected chi connectivity index (χ1v) is 9.38. The van der Waals surface area contributed by atoms with Crippen LogP contribution in [-0.2, 0) is 21.8 Å². The molecule has 0 bridgehead atoms. The molecule has 1 saturated heterocycles. The molecule has 2 heterocycles. The minimum atomic E-state index is -3.58. The molecule has 0 spiro atoms. The monoisotopic (exact) mass is 341 g/mol. The van der Waals surface area contributed by atoms with E-state index in [1.54, 1.807) is 11.6 Å². The molecule has 3 rings (SSSR count). The summed E-state index contributed by atoms with van der Waals surface area (Å²) in [5, 5.41) is 2.96. The highest BCUT2D eigenvalue weighted by atomic mass is 32.2. The zero-order valence-electron chi connectivity index (χ0n) is 13.5. The van der Waals surface area contributed by atoms with Crippen LogP contribution in [0.15, 0.2) is 17.2 Å². The number of amides is 1. The normalized spacial score (nSPS) is 21.1. The zero-order chi connectivity index (χ0) is 16.6. The minimum absolute atomic E-state index is 0.122. The van der Waals surface area contributed by atoms with Crippen LogP contribution < -0.4 is 5.32 Å². The third-order valence-corrected chi connectivity index (χ3v) is 6.37. The molecule has 128 valence electrons. The topological polar surface area (TPSA) is 80.6 Å². The predicted molar refractivity (Wildman–Crippen MR) is 84.6 cm³/mol. The van der Waals surface area contributed by atoms with Crippen LogP contribution in [0.2, 0.25) is 0 Å². The minimum Gasteiger partial charge on any atom is -0.379 e. The number of hydrogen-bond donors (Lipinski definition) is 1. The van der Waals surface area contributed by atoms with Crippen molar-refractivity contribution < 1.29 is 17.9 Å². The number of aryl methyl sites for hydroxylation is 1. The number of sulfonamides is 1. The van der Waals surface area contributed by atoms with Gasteiger partial charge in [0.2, 0.25) is 10.0 Å². The fourth-order valence-electron chi connectivity index (χ4n) is 2.83. The zero-order valence-corrected chi connectivity index (χ0v) is 14.3. The van der Waals surface area contributed by atoms with Gasteiger partial charge in [0.25, 0.3) is 5.91 Å². The molecule has 1 aromatic heterocycles. The molecule has 2 fully saturated rings. The van der Waals surface area contributed by atoms with Crippen molar-refractivity contribution in [3.63, 3.8) is 0 Å². The molecule has 1 atom stereocenters. The number of ether oxygens (including phenoxy) is 1. The van der Waals surface area contributed by atoms with Gasteiger partial charge in [0.1, 0.15) is 10.6 Å². The summed E-state index contributed by atoms with van der Waals surface area (Å²) in [4.78, 5) is 12.5. The molecule has 1 aromatic rings. The van der Waals surface area contributed by atoms with Gasteiger partial charge in [-0.25, -0.2) is 8.42 Å². The number of hydrogen-bond acceptors (Lipinski definition) is 4. The molecule has 1 aliphatic carbocycles. The van der Waals surface area contributed by atoms with Crippen LogP contribution in [0.25, 0.3) is 0 Å². The van der Waals surface area contributed by atoms with Crippen molar-refractivity contribution in [1.82, 2.24) is 14.2 Å². The van der Waals surface area contributed by atoms with Crippen molar-refractivity contribution in [3.05, 3.63) is 18.0 Å². The van der Waals surface area contributed by atoms with E-state index in [1.807, 2.05) is 6.92 Å². The van der Waals surface area contributed by atoms with E-state index in [4.69, 9.17) is 4.74 Å². The molecule has 8 heteroatoms. The molecular weight excluding hydrogens is 318 g/mol. The van der Waals surface area contributed by atoms with Crippen molar-refractivity contribution in [3.8, 4) is 0 Å². The molecule has 2 aliphatic rings. The lowest BCUT2D eigenvalue weighted by Crippen LogP contribution is -2.40. The summed E-state index contributed by atoms with van der Waals surface area (Å²) in [7, 11) is -1.89. The van der Waals surface area contributed by atoms with Crippen molar-refractivity contribution in [2.24, 2.45) is 13.0 Å². The number of aromatic nitrogens is 1. The number of carbonyl (C=O) groups excluding carboxylic acids is 1. The number of nitrogens with one attached hydrogen (secondary N) is 1. The van der Waals surface area contributed by atoms with Gasteiger partial charge >= 0.3 is 0 Å². The van der Waals surface area contributed by atoms with Gasteiger partial charge in [0.15, 0.2) is 0 Å². The number of rotatable bonds is 5. The second-order valence-electron chi connectivity index (χ2n) is 6.29. The van der Waals surface area contributed by atoms with Crippen LogP contribution in [0.1, 0.15) is 30.3 Å². The third kappa shape index (κ3) is 3.44. The maximum atomic E-state index is 12.6. The summed E-state index contributed by atoms with van der Waals surface area (Å²) in [6.07, 6.45) is 3.79. The van der Waals surface area contributed by atoms with Crippen LogP contribution in [0, 0.1) is 5.92 Å². The van der Waals surface area contributed by atoms with E-state index >= 15 is 0 Å². The van der Waals surface area contributed by atoms with E-state index in [-0.39, 0.29) is 16.8 Å². The summed E-state index contributed by atoms with van der Waals surface area (Å²) in [5.74, 6) is 0.325. The maximum absolute atomic E-state index is 12.6. The quantitative estimate of drug-likeness (QED) is 0.849. The maximum Gasteiger partial charge on any atom is 0.268 e. The number of morpholine rings is 1. The average molecular weight is 341 g/mol. The average Bonchev–Trinajstić information content (AvgIpc) is 3.30. The van der Waals surface area contributed by atoms with Gasteiger partial charge in [-0.05, 0) is 31.7 Å². The first kappa shape index (κ1) is 16.5. The van der Waals surface area contributed by atoms with Crippen molar-refractivity contribution in [1.29, 1.82) is 0 Å². The molecule has 1 unspecified atom stereocenters. The molecular formula is C15H23N3O4S. The van der Waals surface area contributed by atoms with Gasteiger partial charge in [-0.3, -0.25) is 4.79 Å². The number of carbonyl (C=O) groups is 1. The summed E-state index contributed by atoms with van der Waals surface area (Å²) >= 11 is 0. The van der Waals surface area contributed by atoms with E-state index in [2.05, 4.69) is 5.32 Å². The first-order chi connectivity index (χ1) is 10.9. The van der Waals surface area contributed by atoms with Crippen LogP contribution in [-0.4, -0.2) is 55.5 Å². The van der Waals surface area contributed by atoms with Crippen molar-refractivity contribution in [2.45, 2.75) is 30.7 Å². The Kier molecular flexibility index (Phi) is 4.48. The second kappa shape index (κ2) is 6.26. The molecule has 1 N–H and O–H groups in total. The lowest BCUT2D eigenvalue weighted by atomic mass is 10.2. The second-order valence-corrected chi connectivity index (χ2v) is 8.23. The Morgan fingerprint density at radius 1 is 1.35 bits per heavy atom. The largest absolute Gasteiger partial charge is 0.379 e. The highest BCUT2D eigenvalue weighted by molar-refractivity contribution is 7.89. The fourth-order valence-corrected chi connectivity index (χ4v) is 4.31. The van der Waals surface area contributed by atoms with Gasteiger partial charge in [-0.1, -0.05) is 0 Å². The van der Waals surface area contributed by atoms with Gasteiger partial charge in [0.05, 0.1) is 13.2 Å². The Hall–Kier alpha value is -1.38. The van der Waals surface area contributed by atoms with Crippen molar-refractivity contribution >= 4 is 15.9 Å². The van der Waals surface area contributed by atoms with Gasteiger partial charge in [0, 0.05) is 32.4 Å². The Morgan fingerprint density at radius 2 is 2.00 bits per heavy atom. The van der Waals surface area contributed by atoms with Crippen LogP contribution in [0.5, 0.6) is 0 Å². The fraction of sp³-hybridized carbons (Fsp3) is 0.667. The molecule has 23 heavy (non-hydrogen) atoms. The van der Waals surface area contributed by atoms with Gasteiger partial charge in [-0.15, -0.1) is 0 Å².